The second-order valence-corrected chi connectivity index (χ2v) is 11.8. The minimum absolute atomic E-state index is 0. The van der Waals surface area contributed by atoms with Gasteiger partial charge in [-0.05, 0) is 48.9 Å². The average molecular weight is 613 g/mol. The normalized spacial score (nSPS) is 13.8. The van der Waals surface area contributed by atoms with Crippen molar-refractivity contribution in [1.82, 2.24) is 9.97 Å². The molecule has 1 aliphatic heterocycles. The summed E-state index contributed by atoms with van der Waals surface area (Å²) in [5.74, 6) is -0.743. The average Bonchev–Trinajstić information content (AvgIpc) is 3.46. The van der Waals surface area contributed by atoms with E-state index in [0.717, 1.165) is 28.4 Å². The molecule has 14 heteroatoms. The molecule has 0 amide bonds. The number of halogens is 1. The van der Waals surface area contributed by atoms with E-state index in [-0.39, 0.29) is 42.4 Å². The standard InChI is InChI=1S/C26H27ClN4O6S2.Na/c27-19-17-21-26(31(18-19)15-8-16-39(34,35)36)29-23(38-21)11-4-1-3-10-22-28-25-20(37-22)9-7-14-30(25)13-6-2-5-12-24(32)33;/h1,3-4,7,9-11,14,17-18H,2,5-6,8,12-13,15-16H2,(H-,32,33,34,35,36);/q;+1/p-1. The van der Waals surface area contributed by atoms with Crippen LogP contribution in [0.3, 0.4) is 0 Å². The molecule has 0 spiro atoms. The van der Waals surface area contributed by atoms with Crippen LogP contribution in [-0.4, -0.2) is 41.2 Å². The number of carboxylic acids is 1. The zero-order chi connectivity index (χ0) is 27.8. The van der Waals surface area contributed by atoms with Crippen molar-refractivity contribution in [3.63, 3.8) is 0 Å². The van der Waals surface area contributed by atoms with Gasteiger partial charge in [0.15, 0.2) is 11.2 Å². The molecule has 10 nitrogen and oxygen atoms in total. The van der Waals surface area contributed by atoms with Gasteiger partial charge in [0.25, 0.3) is 0 Å². The van der Waals surface area contributed by atoms with Gasteiger partial charge in [0, 0.05) is 36.6 Å². The topological polar surface area (TPSA) is 143 Å². The quantitative estimate of drug-likeness (QED) is 0.0751. The fourth-order valence-electron chi connectivity index (χ4n) is 3.95. The van der Waals surface area contributed by atoms with E-state index >= 15 is 0 Å². The van der Waals surface area contributed by atoms with E-state index in [1.54, 1.807) is 29.0 Å². The molecule has 0 N–H and O–H groups in total. The van der Waals surface area contributed by atoms with Crippen molar-refractivity contribution in [2.75, 3.05) is 17.2 Å². The first-order valence-corrected chi connectivity index (χ1v) is 15.1. The Morgan fingerprint density at radius 3 is 2.77 bits per heavy atom. The number of carboxylic acid groups (broad SMARTS) is 1. The molecule has 3 aromatic heterocycles. The first-order valence-electron chi connectivity index (χ1n) is 12.3. The predicted octanol–water partition coefficient (Wildman–Crippen LogP) is -1.36. The Labute approximate surface area is 262 Å². The molecule has 40 heavy (non-hydrogen) atoms. The van der Waals surface area contributed by atoms with Crippen LogP contribution in [0.1, 0.15) is 37.1 Å². The number of anilines is 1. The minimum Gasteiger partial charge on any atom is -0.748 e. The Morgan fingerprint density at radius 2 is 2.00 bits per heavy atom. The van der Waals surface area contributed by atoms with Crippen molar-refractivity contribution < 1.29 is 61.4 Å². The number of carbonyl (C=O) groups excluding carboxylic acids is 1. The molecule has 0 fully saturated rings. The summed E-state index contributed by atoms with van der Waals surface area (Å²) >= 11 is 7.64. The first kappa shape index (κ1) is 32.2. The molecule has 1 aliphatic rings. The molecule has 0 unspecified atom stereocenters. The van der Waals surface area contributed by atoms with Crippen LogP contribution >= 0.6 is 22.9 Å². The molecular weight excluding hydrogens is 587 g/mol. The summed E-state index contributed by atoms with van der Waals surface area (Å²) in [6.07, 6.45) is 18.8. The summed E-state index contributed by atoms with van der Waals surface area (Å²) < 4.78 is 41.1. The van der Waals surface area contributed by atoms with Crippen molar-refractivity contribution in [2.24, 2.45) is 0 Å². The van der Waals surface area contributed by atoms with Crippen LogP contribution < -0.4 is 55.1 Å². The van der Waals surface area contributed by atoms with Crippen molar-refractivity contribution in [1.29, 1.82) is 0 Å². The van der Waals surface area contributed by atoms with Crippen LogP contribution in [0.25, 0.3) is 28.6 Å². The fourth-order valence-corrected chi connectivity index (χ4v) is 5.66. The van der Waals surface area contributed by atoms with E-state index in [0.29, 0.717) is 41.1 Å². The zero-order valence-corrected chi connectivity index (χ0v) is 26.3. The fraction of sp³-hybridized carbons (Fsp3) is 0.308. The van der Waals surface area contributed by atoms with Gasteiger partial charge >= 0.3 is 35.2 Å². The van der Waals surface area contributed by atoms with Crippen LogP contribution in [0, 0.1) is 0 Å². The van der Waals surface area contributed by atoms with Crippen LogP contribution in [-0.2, 0) is 21.5 Å². The first-order chi connectivity index (χ1) is 18.7. The van der Waals surface area contributed by atoms with Gasteiger partial charge in [0.1, 0.15) is 10.9 Å². The SMILES string of the molecule is O=C([O-])CCCCCN1C=CC=c2o/c(=C/C=C/C=C/c3nc4c(cc(Cl)c[n+]4CCCS(=O)(=O)[O-])s3)nc21.[Na+]. The molecule has 3 aromatic rings. The van der Waals surface area contributed by atoms with Crippen LogP contribution in [0.4, 0.5) is 5.82 Å². The van der Waals surface area contributed by atoms with E-state index in [9.17, 15) is 22.9 Å². The van der Waals surface area contributed by atoms with Crippen LogP contribution in [0.15, 0.2) is 47.2 Å². The number of fused-ring (bicyclic) bond motifs is 2. The van der Waals surface area contributed by atoms with E-state index in [1.165, 1.54) is 11.3 Å². The third-order valence-electron chi connectivity index (χ3n) is 5.68. The van der Waals surface area contributed by atoms with Gasteiger partial charge in [-0.3, -0.25) is 0 Å². The van der Waals surface area contributed by atoms with E-state index in [1.807, 2.05) is 41.5 Å². The van der Waals surface area contributed by atoms with Crippen molar-refractivity contribution in [3.05, 3.63) is 63.8 Å². The largest absolute Gasteiger partial charge is 1.00 e. The maximum absolute atomic E-state index is 10.9. The van der Waals surface area contributed by atoms with Gasteiger partial charge in [-0.15, -0.1) is 0 Å². The van der Waals surface area contributed by atoms with Gasteiger partial charge in [-0.2, -0.15) is 4.98 Å². The minimum atomic E-state index is -4.27. The molecule has 206 valence electrons. The summed E-state index contributed by atoms with van der Waals surface area (Å²) in [7, 11) is -4.27. The third kappa shape index (κ3) is 9.65. The van der Waals surface area contributed by atoms with E-state index < -0.39 is 21.8 Å². The number of nitrogens with zero attached hydrogens (tertiary/aromatic N) is 4. The molecule has 4 heterocycles. The van der Waals surface area contributed by atoms with Crippen molar-refractivity contribution in [2.45, 2.75) is 38.6 Å². The van der Waals surface area contributed by atoms with Gasteiger partial charge in [-0.25, -0.2) is 13.0 Å². The molecule has 0 radical (unpaired) electrons. The molecule has 0 saturated heterocycles. The summed E-state index contributed by atoms with van der Waals surface area (Å²) in [5.41, 5.74) is 1.79. The Hall–Kier alpha value is -2.32. The number of thiazole rings is 1. The predicted molar refractivity (Wildman–Crippen MR) is 147 cm³/mol. The second-order valence-electron chi connectivity index (χ2n) is 8.74. The number of aliphatic carboxylic acids is 1. The number of rotatable bonds is 13. The summed E-state index contributed by atoms with van der Waals surface area (Å²) in [4.78, 5) is 21.7. The van der Waals surface area contributed by atoms with Gasteiger partial charge < -0.3 is 23.8 Å². The number of hydrogen-bond donors (Lipinski definition) is 0. The number of unbranched alkanes of at least 4 members (excludes halogenated alkanes) is 2. The number of allylic oxidation sites excluding steroid dienone is 4. The Morgan fingerprint density at radius 1 is 1.18 bits per heavy atom. The van der Waals surface area contributed by atoms with Crippen LogP contribution in [0.2, 0.25) is 5.02 Å². The maximum atomic E-state index is 10.9. The Kier molecular flexibility index (Phi) is 12.1. The maximum Gasteiger partial charge on any atom is 1.00 e. The molecule has 0 aliphatic carbocycles. The van der Waals surface area contributed by atoms with Gasteiger partial charge in [-0.1, -0.05) is 47.6 Å². The number of aryl methyl sites for hydroxylation is 1. The van der Waals surface area contributed by atoms with Crippen molar-refractivity contribution in [3.8, 4) is 0 Å². The molecule has 0 aromatic carbocycles. The number of carbonyl (C=O) groups is 1. The third-order valence-corrected chi connectivity index (χ3v) is 7.63. The Balaban J connectivity index is 0.00000441. The molecule has 0 bridgehead atoms. The van der Waals surface area contributed by atoms with Gasteiger partial charge in [0.05, 0.1) is 21.7 Å². The van der Waals surface area contributed by atoms with Gasteiger partial charge in [0.2, 0.25) is 10.6 Å². The number of hydrogen-bond acceptors (Lipinski definition) is 10. The zero-order valence-electron chi connectivity index (χ0n) is 21.9. The summed E-state index contributed by atoms with van der Waals surface area (Å²) in [5, 5.41) is 11.8. The number of pyridine rings is 1. The smallest absolute Gasteiger partial charge is 0.748 e. The number of oxazole rings is 1. The van der Waals surface area contributed by atoms with Crippen LogP contribution in [0.5, 0.6) is 0 Å². The molecule has 0 atom stereocenters. The molecular formula is C26H26ClN4NaO6S2. The molecule has 0 saturated carbocycles. The monoisotopic (exact) mass is 612 g/mol. The van der Waals surface area contributed by atoms with Crippen molar-refractivity contribution >= 4 is 73.4 Å². The Bertz CT molecular complexity index is 1660. The second kappa shape index (κ2) is 15.1. The van der Waals surface area contributed by atoms with E-state index in [4.69, 9.17) is 16.0 Å². The summed E-state index contributed by atoms with van der Waals surface area (Å²) in [6.45, 7) is 1.02. The number of aromatic nitrogens is 3. The molecule has 4 rings (SSSR count). The van der Waals surface area contributed by atoms with E-state index in [2.05, 4.69) is 9.97 Å². The summed E-state index contributed by atoms with van der Waals surface area (Å²) in [6, 6.07) is 1.80.